The van der Waals surface area contributed by atoms with Crippen LogP contribution in [0.1, 0.15) is 11.1 Å². The van der Waals surface area contributed by atoms with Gasteiger partial charge in [0, 0.05) is 44.5 Å². The van der Waals surface area contributed by atoms with Gasteiger partial charge in [0.15, 0.2) is 0 Å². The molecule has 198 valence electrons. The fourth-order valence-electron chi connectivity index (χ4n) is 4.75. The Morgan fingerprint density at radius 3 is 2.37 bits per heavy atom. The highest BCUT2D eigenvalue weighted by atomic mass is 19.1. The molecule has 0 unspecified atom stereocenters. The zero-order chi connectivity index (χ0) is 26.6. The fourth-order valence-corrected chi connectivity index (χ4v) is 4.75. The van der Waals surface area contributed by atoms with Crippen LogP contribution in [0.3, 0.4) is 0 Å². The Balaban J connectivity index is 1.15. The average molecular weight is 519 g/mol. The standard InChI is InChI=1S/C30H31FN2O5/c1-20-13-21(2)15-26(14-20)38-29-19-37-28-16-25(7-8-27(28)30(29)35)36-18-24(34)17-32-9-11-33(12-10-32)23-5-3-22(31)4-6-23/h3-8,13-16,19,24,34H,9-12,17-18H2,1-2H3/t24-/m0/s1. The number of nitrogens with zero attached hydrogens (tertiary/aromatic N) is 2. The zero-order valence-corrected chi connectivity index (χ0v) is 21.5. The van der Waals surface area contributed by atoms with Crippen molar-refractivity contribution < 1.29 is 23.4 Å². The number of hydrogen-bond acceptors (Lipinski definition) is 7. The van der Waals surface area contributed by atoms with Gasteiger partial charge in [-0.25, -0.2) is 4.39 Å². The van der Waals surface area contributed by atoms with Gasteiger partial charge in [0.1, 0.15) is 41.9 Å². The number of aryl methyl sites for hydroxylation is 2. The van der Waals surface area contributed by atoms with E-state index >= 15 is 0 Å². The maximum absolute atomic E-state index is 13.2. The SMILES string of the molecule is Cc1cc(C)cc(Oc2coc3cc(OC[C@@H](O)CN4CCN(c5ccc(F)cc5)CC4)ccc3c2=O)c1. The number of piperazine rings is 1. The van der Waals surface area contributed by atoms with E-state index in [4.69, 9.17) is 13.9 Å². The Hall–Kier alpha value is -3.88. The molecule has 8 heteroatoms. The van der Waals surface area contributed by atoms with Gasteiger partial charge in [-0.3, -0.25) is 9.69 Å². The van der Waals surface area contributed by atoms with E-state index in [1.807, 2.05) is 32.0 Å². The summed E-state index contributed by atoms with van der Waals surface area (Å²) in [6, 6.07) is 17.3. The van der Waals surface area contributed by atoms with Crippen molar-refractivity contribution in [2.45, 2.75) is 20.0 Å². The van der Waals surface area contributed by atoms with Crippen LogP contribution in [0.25, 0.3) is 11.0 Å². The summed E-state index contributed by atoms with van der Waals surface area (Å²) in [5, 5.41) is 10.9. The molecule has 1 saturated heterocycles. The predicted octanol–water partition coefficient (Wildman–Crippen LogP) is 4.90. The van der Waals surface area contributed by atoms with E-state index in [2.05, 4.69) is 9.80 Å². The van der Waals surface area contributed by atoms with Gasteiger partial charge in [-0.15, -0.1) is 0 Å². The number of benzene rings is 3. The first-order chi connectivity index (χ1) is 18.3. The second kappa shape index (κ2) is 11.2. The molecule has 1 fully saturated rings. The van der Waals surface area contributed by atoms with Gasteiger partial charge in [-0.05, 0) is 73.5 Å². The second-order valence-electron chi connectivity index (χ2n) is 9.74. The van der Waals surface area contributed by atoms with E-state index in [9.17, 15) is 14.3 Å². The molecule has 1 atom stereocenters. The van der Waals surface area contributed by atoms with E-state index in [-0.39, 0.29) is 23.6 Å². The largest absolute Gasteiger partial charge is 0.491 e. The molecule has 3 aromatic carbocycles. The maximum atomic E-state index is 13.2. The number of fused-ring (bicyclic) bond motifs is 1. The average Bonchev–Trinajstić information content (AvgIpc) is 2.89. The van der Waals surface area contributed by atoms with Gasteiger partial charge in [-0.2, -0.15) is 0 Å². The highest BCUT2D eigenvalue weighted by Crippen LogP contribution is 2.25. The summed E-state index contributed by atoms with van der Waals surface area (Å²) in [7, 11) is 0. The summed E-state index contributed by atoms with van der Waals surface area (Å²) in [6.45, 7) is 7.73. The van der Waals surface area contributed by atoms with Crippen molar-refractivity contribution in [3.05, 3.63) is 94.1 Å². The molecular weight excluding hydrogens is 487 g/mol. The minimum absolute atomic E-state index is 0.113. The van der Waals surface area contributed by atoms with E-state index in [1.54, 1.807) is 30.3 Å². The first kappa shape index (κ1) is 25.8. The van der Waals surface area contributed by atoms with Crippen molar-refractivity contribution in [2.75, 3.05) is 44.2 Å². The van der Waals surface area contributed by atoms with Gasteiger partial charge in [0.25, 0.3) is 0 Å². The molecule has 38 heavy (non-hydrogen) atoms. The highest BCUT2D eigenvalue weighted by molar-refractivity contribution is 5.79. The van der Waals surface area contributed by atoms with Gasteiger partial charge < -0.3 is 23.9 Å². The van der Waals surface area contributed by atoms with Crippen LogP contribution in [-0.2, 0) is 0 Å². The monoisotopic (exact) mass is 518 g/mol. The number of aliphatic hydroxyl groups excluding tert-OH is 1. The normalized spacial score (nSPS) is 15.0. The Labute approximate surface area is 220 Å². The van der Waals surface area contributed by atoms with E-state index in [0.717, 1.165) is 43.0 Å². The van der Waals surface area contributed by atoms with E-state index < -0.39 is 6.10 Å². The Bertz CT molecular complexity index is 1440. The quantitative estimate of drug-likeness (QED) is 0.356. The van der Waals surface area contributed by atoms with Crippen molar-refractivity contribution in [1.29, 1.82) is 0 Å². The van der Waals surface area contributed by atoms with Crippen LogP contribution in [-0.4, -0.2) is 55.4 Å². The Morgan fingerprint density at radius 1 is 0.947 bits per heavy atom. The first-order valence-corrected chi connectivity index (χ1v) is 12.7. The number of rotatable bonds is 8. The predicted molar refractivity (Wildman–Crippen MR) is 145 cm³/mol. The van der Waals surface area contributed by atoms with E-state index in [1.165, 1.54) is 18.4 Å². The highest BCUT2D eigenvalue weighted by Gasteiger charge is 2.20. The zero-order valence-electron chi connectivity index (χ0n) is 21.5. The molecule has 1 aliphatic rings. The molecule has 0 aliphatic carbocycles. The van der Waals surface area contributed by atoms with Gasteiger partial charge in [-0.1, -0.05) is 6.07 Å². The summed E-state index contributed by atoms with van der Waals surface area (Å²) < 4.78 is 30.4. The van der Waals surface area contributed by atoms with E-state index in [0.29, 0.717) is 29.0 Å². The molecule has 7 nitrogen and oxygen atoms in total. The summed E-state index contributed by atoms with van der Waals surface area (Å²) >= 11 is 0. The molecule has 4 aromatic rings. The fraction of sp³-hybridized carbons (Fsp3) is 0.300. The summed E-state index contributed by atoms with van der Waals surface area (Å²) in [5.41, 5.74) is 3.20. The number of hydrogen-bond donors (Lipinski definition) is 1. The van der Waals surface area contributed by atoms with Gasteiger partial charge in [0.2, 0.25) is 11.2 Å². The molecule has 0 radical (unpaired) electrons. The smallest absolute Gasteiger partial charge is 0.235 e. The molecule has 1 aliphatic heterocycles. The lowest BCUT2D eigenvalue weighted by molar-refractivity contribution is 0.0663. The number of β-amino-alcohol motifs (C(OH)–C–C–N with tert-alkyl or cyclic N) is 1. The lowest BCUT2D eigenvalue weighted by atomic mass is 10.1. The third-order valence-electron chi connectivity index (χ3n) is 6.61. The van der Waals surface area contributed by atoms with Crippen molar-refractivity contribution in [1.82, 2.24) is 4.90 Å². The number of ether oxygens (including phenoxy) is 2. The van der Waals surface area contributed by atoms with Crippen molar-refractivity contribution in [2.24, 2.45) is 0 Å². The number of aliphatic hydroxyl groups is 1. The van der Waals surface area contributed by atoms with Gasteiger partial charge in [0.05, 0.1) is 5.39 Å². The lowest BCUT2D eigenvalue weighted by Gasteiger charge is -2.36. The second-order valence-corrected chi connectivity index (χ2v) is 9.74. The van der Waals surface area contributed by atoms with Crippen molar-refractivity contribution >= 4 is 16.7 Å². The van der Waals surface area contributed by atoms with Crippen molar-refractivity contribution in [3.8, 4) is 17.2 Å². The maximum Gasteiger partial charge on any atom is 0.235 e. The van der Waals surface area contributed by atoms with Crippen LogP contribution < -0.4 is 19.8 Å². The molecule has 0 amide bonds. The number of anilines is 1. The lowest BCUT2D eigenvalue weighted by Crippen LogP contribution is -2.49. The van der Waals surface area contributed by atoms with Gasteiger partial charge >= 0.3 is 0 Å². The number of halogens is 1. The molecule has 2 heterocycles. The summed E-state index contributed by atoms with van der Waals surface area (Å²) in [5.74, 6) is 0.964. The van der Waals surface area contributed by atoms with Crippen molar-refractivity contribution in [3.63, 3.8) is 0 Å². The Morgan fingerprint density at radius 2 is 1.66 bits per heavy atom. The van der Waals surface area contributed by atoms with Crippen LogP contribution in [0, 0.1) is 19.7 Å². The third-order valence-corrected chi connectivity index (χ3v) is 6.61. The topological polar surface area (TPSA) is 75.4 Å². The molecule has 1 aromatic heterocycles. The summed E-state index contributed by atoms with van der Waals surface area (Å²) in [4.78, 5) is 17.3. The molecule has 0 bridgehead atoms. The summed E-state index contributed by atoms with van der Waals surface area (Å²) in [6.07, 6.45) is 0.635. The van der Waals surface area contributed by atoms with Crippen LogP contribution >= 0.6 is 0 Å². The third kappa shape index (κ3) is 6.15. The molecule has 1 N–H and O–H groups in total. The van der Waals surface area contributed by atoms with Crippen LogP contribution in [0.4, 0.5) is 10.1 Å². The Kier molecular flexibility index (Phi) is 7.62. The molecular formula is C30H31FN2O5. The van der Waals surface area contributed by atoms with Crippen LogP contribution in [0.15, 0.2) is 76.1 Å². The molecule has 0 saturated carbocycles. The molecule has 0 spiro atoms. The van der Waals surface area contributed by atoms with Crippen LogP contribution in [0.5, 0.6) is 17.2 Å². The minimum Gasteiger partial charge on any atom is -0.491 e. The van der Waals surface area contributed by atoms with Crippen LogP contribution in [0.2, 0.25) is 0 Å². The molecule has 5 rings (SSSR count). The first-order valence-electron chi connectivity index (χ1n) is 12.7. The minimum atomic E-state index is -0.677.